The van der Waals surface area contributed by atoms with Crippen LogP contribution in [0, 0.1) is 25.2 Å². The van der Waals surface area contributed by atoms with Gasteiger partial charge in [0.2, 0.25) is 5.91 Å². The van der Waals surface area contributed by atoms with Crippen molar-refractivity contribution in [2.75, 3.05) is 6.54 Å². The highest BCUT2D eigenvalue weighted by Gasteiger charge is 2.65. The predicted octanol–water partition coefficient (Wildman–Crippen LogP) is 2.64. The Morgan fingerprint density at radius 3 is 2.95 bits per heavy atom. The third-order valence-electron chi connectivity index (χ3n) is 5.29. The summed E-state index contributed by atoms with van der Waals surface area (Å²) in [5.74, 6) is 1.50. The number of rotatable bonds is 4. The molecule has 1 amide bonds. The fourth-order valence-electron chi connectivity index (χ4n) is 3.34. The molecule has 0 aliphatic heterocycles. The predicted molar refractivity (Wildman–Crippen MR) is 82.1 cm³/mol. The molecular formula is C17H21N3O. The molecule has 2 fully saturated rings. The minimum Gasteiger partial charge on any atom is -0.355 e. The van der Waals surface area contributed by atoms with Gasteiger partial charge in [-0.3, -0.25) is 4.79 Å². The zero-order valence-corrected chi connectivity index (χ0v) is 12.6. The van der Waals surface area contributed by atoms with Gasteiger partial charge in [0.1, 0.15) is 5.82 Å². The van der Waals surface area contributed by atoms with Gasteiger partial charge in [-0.25, -0.2) is 4.98 Å². The highest BCUT2D eigenvalue weighted by atomic mass is 16.2. The van der Waals surface area contributed by atoms with E-state index >= 15 is 0 Å². The minimum atomic E-state index is 0.246. The van der Waals surface area contributed by atoms with Gasteiger partial charge in [0, 0.05) is 18.9 Å². The molecule has 1 unspecified atom stereocenters. The Bertz CT molecular complexity index is 727. The van der Waals surface area contributed by atoms with Crippen LogP contribution in [0.15, 0.2) is 12.1 Å². The van der Waals surface area contributed by atoms with Crippen molar-refractivity contribution in [1.29, 1.82) is 0 Å². The Morgan fingerprint density at radius 2 is 2.24 bits per heavy atom. The maximum atomic E-state index is 12.0. The van der Waals surface area contributed by atoms with Crippen LogP contribution >= 0.6 is 0 Å². The molecule has 1 spiro atoms. The van der Waals surface area contributed by atoms with E-state index in [2.05, 4.69) is 41.3 Å². The number of nitrogens with one attached hydrogen (secondary N) is 2. The number of carbonyl (C=O) groups excluding carboxylic acids is 1. The molecule has 4 heteroatoms. The molecule has 4 nitrogen and oxygen atoms in total. The number of imidazole rings is 1. The SMILES string of the molecule is Cc1ccc2[nH]c(CCNC(=O)C3CC34CC4)nc2c1C. The molecule has 1 aromatic carbocycles. The Kier molecular flexibility index (Phi) is 2.65. The summed E-state index contributed by atoms with van der Waals surface area (Å²) in [6.45, 7) is 4.88. The highest BCUT2D eigenvalue weighted by Crippen LogP contribution is 2.70. The zero-order chi connectivity index (χ0) is 14.6. The second-order valence-electron chi connectivity index (χ2n) is 6.75. The standard InChI is InChI=1S/C17H21N3O/c1-10-3-4-13-15(11(10)2)20-14(19-13)5-8-18-16(21)12-9-17(12)6-7-17/h3-4,12H,5-9H2,1-2H3,(H,18,21)(H,19,20). The van der Waals surface area contributed by atoms with Crippen LogP contribution in [0.1, 0.15) is 36.2 Å². The number of benzene rings is 1. The Labute approximate surface area is 124 Å². The lowest BCUT2D eigenvalue weighted by Gasteiger charge is -2.02. The number of aryl methyl sites for hydroxylation is 2. The van der Waals surface area contributed by atoms with E-state index < -0.39 is 0 Å². The van der Waals surface area contributed by atoms with E-state index in [-0.39, 0.29) is 5.91 Å². The number of carbonyl (C=O) groups is 1. The van der Waals surface area contributed by atoms with E-state index in [1.807, 2.05) is 0 Å². The van der Waals surface area contributed by atoms with Crippen molar-refractivity contribution in [3.63, 3.8) is 0 Å². The van der Waals surface area contributed by atoms with Crippen molar-refractivity contribution >= 4 is 16.9 Å². The number of nitrogens with zero attached hydrogens (tertiary/aromatic N) is 1. The monoisotopic (exact) mass is 283 g/mol. The molecule has 0 saturated heterocycles. The smallest absolute Gasteiger partial charge is 0.223 e. The number of H-pyrrole nitrogens is 1. The first kappa shape index (κ1) is 12.9. The van der Waals surface area contributed by atoms with E-state index in [9.17, 15) is 4.79 Å². The first-order chi connectivity index (χ1) is 10.1. The fourth-order valence-corrected chi connectivity index (χ4v) is 3.34. The van der Waals surface area contributed by atoms with Gasteiger partial charge < -0.3 is 10.3 Å². The first-order valence-electron chi connectivity index (χ1n) is 7.82. The summed E-state index contributed by atoms with van der Waals surface area (Å²) < 4.78 is 0. The molecule has 2 aromatic rings. The lowest BCUT2D eigenvalue weighted by Crippen LogP contribution is -2.28. The number of aromatic nitrogens is 2. The molecule has 2 N–H and O–H groups in total. The maximum Gasteiger partial charge on any atom is 0.223 e. The van der Waals surface area contributed by atoms with Gasteiger partial charge in [-0.2, -0.15) is 0 Å². The summed E-state index contributed by atoms with van der Waals surface area (Å²) in [6.07, 6.45) is 4.39. The van der Waals surface area contributed by atoms with Gasteiger partial charge >= 0.3 is 0 Å². The van der Waals surface area contributed by atoms with E-state index in [1.54, 1.807) is 0 Å². The van der Waals surface area contributed by atoms with E-state index in [0.717, 1.165) is 29.7 Å². The van der Waals surface area contributed by atoms with Crippen LogP contribution in [-0.2, 0) is 11.2 Å². The largest absolute Gasteiger partial charge is 0.355 e. The molecule has 1 atom stereocenters. The van der Waals surface area contributed by atoms with Crippen LogP contribution in [-0.4, -0.2) is 22.4 Å². The normalized spacial score (nSPS) is 21.7. The first-order valence-corrected chi connectivity index (χ1v) is 7.82. The van der Waals surface area contributed by atoms with Gasteiger partial charge in [0.25, 0.3) is 0 Å². The number of aromatic amines is 1. The van der Waals surface area contributed by atoms with Crippen LogP contribution in [0.4, 0.5) is 0 Å². The second-order valence-corrected chi connectivity index (χ2v) is 6.75. The molecule has 2 aliphatic rings. The Morgan fingerprint density at radius 1 is 1.43 bits per heavy atom. The topological polar surface area (TPSA) is 57.8 Å². The molecule has 4 rings (SSSR count). The summed E-state index contributed by atoms with van der Waals surface area (Å²) in [5.41, 5.74) is 5.07. The van der Waals surface area contributed by atoms with E-state index in [0.29, 0.717) is 17.9 Å². The van der Waals surface area contributed by atoms with Crippen molar-refractivity contribution in [2.24, 2.45) is 11.3 Å². The summed E-state index contributed by atoms with van der Waals surface area (Å²) in [6, 6.07) is 4.19. The average molecular weight is 283 g/mol. The molecule has 1 heterocycles. The third kappa shape index (κ3) is 2.13. The quantitative estimate of drug-likeness (QED) is 0.906. The van der Waals surface area contributed by atoms with Crippen molar-refractivity contribution in [3.05, 3.63) is 29.1 Å². The lowest BCUT2D eigenvalue weighted by atomic mass is 10.1. The van der Waals surface area contributed by atoms with Crippen molar-refractivity contribution < 1.29 is 4.79 Å². The Balaban J connectivity index is 1.38. The zero-order valence-electron chi connectivity index (χ0n) is 12.6. The summed E-state index contributed by atoms with van der Waals surface area (Å²) in [7, 11) is 0. The van der Waals surface area contributed by atoms with Crippen molar-refractivity contribution in [2.45, 2.75) is 39.5 Å². The maximum absolute atomic E-state index is 12.0. The second kappa shape index (κ2) is 4.33. The molecule has 0 radical (unpaired) electrons. The van der Waals surface area contributed by atoms with E-state index in [4.69, 9.17) is 0 Å². The van der Waals surface area contributed by atoms with Gasteiger partial charge in [-0.15, -0.1) is 0 Å². The van der Waals surface area contributed by atoms with Crippen LogP contribution < -0.4 is 5.32 Å². The molecule has 21 heavy (non-hydrogen) atoms. The van der Waals surface area contributed by atoms with Crippen molar-refractivity contribution in [1.82, 2.24) is 15.3 Å². The van der Waals surface area contributed by atoms with E-state index in [1.165, 1.54) is 24.0 Å². The number of fused-ring (bicyclic) bond motifs is 1. The number of amides is 1. The lowest BCUT2D eigenvalue weighted by molar-refractivity contribution is -0.122. The summed E-state index contributed by atoms with van der Waals surface area (Å²) >= 11 is 0. The van der Waals surface area contributed by atoms with Crippen molar-refractivity contribution in [3.8, 4) is 0 Å². The Hall–Kier alpha value is -1.84. The van der Waals surface area contributed by atoms with Crippen LogP contribution in [0.25, 0.3) is 11.0 Å². The van der Waals surface area contributed by atoms with Gasteiger partial charge in [-0.05, 0) is 55.7 Å². The van der Waals surface area contributed by atoms with Crippen LogP contribution in [0.2, 0.25) is 0 Å². The van der Waals surface area contributed by atoms with Gasteiger partial charge in [0.15, 0.2) is 0 Å². The number of hydrogen-bond acceptors (Lipinski definition) is 2. The summed E-state index contributed by atoms with van der Waals surface area (Å²) in [4.78, 5) is 20.0. The molecular weight excluding hydrogens is 262 g/mol. The minimum absolute atomic E-state index is 0.246. The van der Waals surface area contributed by atoms with Crippen LogP contribution in [0.5, 0.6) is 0 Å². The molecule has 0 bridgehead atoms. The molecule has 2 aliphatic carbocycles. The average Bonchev–Trinajstić information content (AvgIpc) is 3.36. The summed E-state index contributed by atoms with van der Waals surface area (Å²) in [5, 5.41) is 3.06. The molecule has 2 saturated carbocycles. The molecule has 1 aromatic heterocycles. The fraction of sp³-hybridized carbons (Fsp3) is 0.529. The van der Waals surface area contributed by atoms with Gasteiger partial charge in [0.05, 0.1) is 11.0 Å². The highest BCUT2D eigenvalue weighted by molar-refractivity contribution is 5.83. The third-order valence-corrected chi connectivity index (χ3v) is 5.29. The number of hydrogen-bond donors (Lipinski definition) is 2. The van der Waals surface area contributed by atoms with Gasteiger partial charge in [-0.1, -0.05) is 6.07 Å². The van der Waals surface area contributed by atoms with Crippen LogP contribution in [0.3, 0.4) is 0 Å². The molecule has 110 valence electrons.